The second-order valence-electron chi connectivity index (χ2n) is 3.98. The molecule has 2 aromatic rings. The molecule has 0 fully saturated rings. The number of amides is 1. The van der Waals surface area contributed by atoms with Crippen LogP contribution in [-0.4, -0.2) is 33.9 Å². The molecule has 2 rings (SSSR count). The Morgan fingerprint density at radius 3 is 2.68 bits per heavy atom. The normalized spacial score (nSPS) is 10.2. The van der Waals surface area contributed by atoms with Gasteiger partial charge in [0.05, 0.1) is 18.4 Å². The van der Waals surface area contributed by atoms with Crippen LogP contribution in [0.4, 0.5) is 0 Å². The molecule has 0 aliphatic carbocycles. The van der Waals surface area contributed by atoms with Crippen LogP contribution in [0.5, 0.6) is 0 Å². The molecular formula is C13H12N2O4. The maximum atomic E-state index is 12.0. The standard InChI is InChI=1S/C13H12N2O4/c1-15(8-10-3-2-6-19-10)12(16)11-5-4-9(7-14-11)13(17)18/h2-7H,8H2,1H3,(H,17,18). The van der Waals surface area contributed by atoms with Gasteiger partial charge in [-0.2, -0.15) is 0 Å². The summed E-state index contributed by atoms with van der Waals surface area (Å²) in [6, 6.07) is 6.26. The summed E-state index contributed by atoms with van der Waals surface area (Å²) < 4.78 is 5.15. The highest BCUT2D eigenvalue weighted by Gasteiger charge is 2.15. The van der Waals surface area contributed by atoms with E-state index in [2.05, 4.69) is 4.98 Å². The Morgan fingerprint density at radius 1 is 1.37 bits per heavy atom. The van der Waals surface area contributed by atoms with E-state index in [1.54, 1.807) is 19.2 Å². The summed E-state index contributed by atoms with van der Waals surface area (Å²) in [5.74, 6) is -0.707. The highest BCUT2D eigenvalue weighted by molar-refractivity contribution is 5.93. The number of carbonyl (C=O) groups excluding carboxylic acids is 1. The highest BCUT2D eigenvalue weighted by Crippen LogP contribution is 2.08. The van der Waals surface area contributed by atoms with Crippen molar-refractivity contribution < 1.29 is 19.1 Å². The van der Waals surface area contributed by atoms with Crippen molar-refractivity contribution in [2.45, 2.75) is 6.54 Å². The third kappa shape index (κ3) is 2.98. The summed E-state index contributed by atoms with van der Waals surface area (Å²) in [5, 5.41) is 8.75. The van der Waals surface area contributed by atoms with Gasteiger partial charge < -0.3 is 14.4 Å². The number of pyridine rings is 1. The van der Waals surface area contributed by atoms with E-state index in [0.29, 0.717) is 12.3 Å². The molecule has 0 bridgehead atoms. The monoisotopic (exact) mass is 260 g/mol. The van der Waals surface area contributed by atoms with Gasteiger partial charge in [-0.05, 0) is 24.3 Å². The van der Waals surface area contributed by atoms with Crippen LogP contribution in [0.2, 0.25) is 0 Å². The minimum atomic E-state index is -1.07. The van der Waals surface area contributed by atoms with E-state index in [9.17, 15) is 9.59 Å². The fourth-order valence-electron chi connectivity index (χ4n) is 1.55. The lowest BCUT2D eigenvalue weighted by Crippen LogP contribution is -2.26. The molecule has 6 nitrogen and oxygen atoms in total. The molecule has 6 heteroatoms. The first-order valence-corrected chi connectivity index (χ1v) is 5.55. The first-order valence-electron chi connectivity index (χ1n) is 5.55. The van der Waals surface area contributed by atoms with E-state index in [4.69, 9.17) is 9.52 Å². The molecule has 2 aromatic heterocycles. The van der Waals surface area contributed by atoms with Crippen molar-refractivity contribution in [2.75, 3.05) is 7.05 Å². The van der Waals surface area contributed by atoms with Crippen molar-refractivity contribution in [2.24, 2.45) is 0 Å². The summed E-state index contributed by atoms with van der Waals surface area (Å²) >= 11 is 0. The van der Waals surface area contributed by atoms with Crippen molar-refractivity contribution in [1.29, 1.82) is 0 Å². The third-order valence-electron chi connectivity index (χ3n) is 2.55. The van der Waals surface area contributed by atoms with Gasteiger partial charge in [0.1, 0.15) is 11.5 Å². The van der Waals surface area contributed by atoms with Crippen LogP contribution in [0.15, 0.2) is 41.1 Å². The van der Waals surface area contributed by atoms with Gasteiger partial charge in [-0.1, -0.05) is 0 Å². The van der Waals surface area contributed by atoms with Gasteiger partial charge in [0, 0.05) is 13.2 Å². The van der Waals surface area contributed by atoms with Gasteiger partial charge in [-0.25, -0.2) is 4.79 Å². The lowest BCUT2D eigenvalue weighted by Gasteiger charge is -2.14. The number of carboxylic acids is 1. The smallest absolute Gasteiger partial charge is 0.337 e. The van der Waals surface area contributed by atoms with E-state index in [1.807, 2.05) is 0 Å². The molecule has 1 amide bonds. The Bertz CT molecular complexity index is 575. The molecule has 0 radical (unpaired) electrons. The molecule has 1 N–H and O–H groups in total. The van der Waals surface area contributed by atoms with Gasteiger partial charge in [0.15, 0.2) is 0 Å². The van der Waals surface area contributed by atoms with Crippen LogP contribution in [0.3, 0.4) is 0 Å². The Hall–Kier alpha value is -2.63. The molecule has 98 valence electrons. The number of carbonyl (C=O) groups is 2. The fraction of sp³-hybridized carbons (Fsp3) is 0.154. The Balaban J connectivity index is 2.08. The summed E-state index contributed by atoms with van der Waals surface area (Å²) in [5.41, 5.74) is 0.240. The second-order valence-corrected chi connectivity index (χ2v) is 3.98. The number of hydrogen-bond donors (Lipinski definition) is 1. The Kier molecular flexibility index (Phi) is 3.61. The zero-order valence-electron chi connectivity index (χ0n) is 10.2. The highest BCUT2D eigenvalue weighted by atomic mass is 16.4. The summed E-state index contributed by atoms with van der Waals surface area (Å²) in [7, 11) is 1.62. The topological polar surface area (TPSA) is 83.6 Å². The lowest BCUT2D eigenvalue weighted by molar-refractivity contribution is 0.0693. The number of nitrogens with zero attached hydrogens (tertiary/aromatic N) is 2. The van der Waals surface area contributed by atoms with E-state index < -0.39 is 5.97 Å². The average molecular weight is 260 g/mol. The van der Waals surface area contributed by atoms with Gasteiger partial charge in [-0.3, -0.25) is 9.78 Å². The lowest BCUT2D eigenvalue weighted by atomic mass is 10.2. The van der Waals surface area contributed by atoms with Gasteiger partial charge in [-0.15, -0.1) is 0 Å². The minimum absolute atomic E-state index is 0.0465. The minimum Gasteiger partial charge on any atom is -0.478 e. The molecule has 0 unspecified atom stereocenters. The molecular weight excluding hydrogens is 248 g/mol. The van der Waals surface area contributed by atoms with Crippen LogP contribution in [-0.2, 0) is 6.54 Å². The first-order chi connectivity index (χ1) is 9.08. The Morgan fingerprint density at radius 2 is 2.16 bits per heavy atom. The largest absolute Gasteiger partial charge is 0.478 e. The SMILES string of the molecule is CN(Cc1ccco1)C(=O)c1ccc(C(=O)O)cn1. The van der Waals surface area contributed by atoms with E-state index >= 15 is 0 Å². The first kappa shape index (κ1) is 12.8. The van der Waals surface area contributed by atoms with E-state index in [-0.39, 0.29) is 17.2 Å². The number of carboxylic acid groups (broad SMARTS) is 1. The van der Waals surface area contributed by atoms with Crippen LogP contribution in [0, 0.1) is 0 Å². The zero-order valence-corrected chi connectivity index (χ0v) is 10.2. The number of aromatic nitrogens is 1. The number of aromatic carboxylic acids is 1. The molecule has 0 saturated carbocycles. The van der Waals surface area contributed by atoms with Crippen LogP contribution in [0.25, 0.3) is 0 Å². The van der Waals surface area contributed by atoms with E-state index in [0.717, 1.165) is 6.20 Å². The number of furan rings is 1. The Labute approximate surface area is 109 Å². The molecule has 19 heavy (non-hydrogen) atoms. The zero-order chi connectivity index (χ0) is 13.8. The predicted molar refractivity (Wildman–Crippen MR) is 65.7 cm³/mol. The maximum Gasteiger partial charge on any atom is 0.337 e. The van der Waals surface area contributed by atoms with Crippen LogP contribution in [0.1, 0.15) is 26.6 Å². The molecule has 0 atom stereocenters. The van der Waals surface area contributed by atoms with Gasteiger partial charge in [0.2, 0.25) is 0 Å². The molecule has 0 aliphatic rings. The van der Waals surface area contributed by atoms with E-state index in [1.165, 1.54) is 23.3 Å². The van der Waals surface area contributed by atoms with Gasteiger partial charge in [0.25, 0.3) is 5.91 Å². The number of rotatable bonds is 4. The van der Waals surface area contributed by atoms with Crippen LogP contribution >= 0.6 is 0 Å². The molecule has 0 aliphatic heterocycles. The molecule has 2 heterocycles. The van der Waals surface area contributed by atoms with Crippen molar-refractivity contribution in [3.63, 3.8) is 0 Å². The summed E-state index contributed by atoms with van der Waals surface area (Å²) in [4.78, 5) is 28.0. The average Bonchev–Trinajstić information content (AvgIpc) is 2.90. The van der Waals surface area contributed by atoms with Gasteiger partial charge >= 0.3 is 5.97 Å². The maximum absolute atomic E-state index is 12.0. The predicted octanol–water partition coefficient (Wildman–Crippen LogP) is 1.65. The third-order valence-corrected chi connectivity index (χ3v) is 2.55. The van der Waals surface area contributed by atoms with Crippen molar-refractivity contribution in [3.8, 4) is 0 Å². The van der Waals surface area contributed by atoms with Crippen LogP contribution < -0.4 is 0 Å². The van der Waals surface area contributed by atoms with Crippen molar-refractivity contribution >= 4 is 11.9 Å². The second kappa shape index (κ2) is 5.34. The quantitative estimate of drug-likeness (QED) is 0.903. The summed E-state index contributed by atoms with van der Waals surface area (Å²) in [6.45, 7) is 0.328. The molecule has 0 spiro atoms. The molecule has 0 aromatic carbocycles. The number of hydrogen-bond acceptors (Lipinski definition) is 4. The molecule has 0 saturated heterocycles. The van der Waals surface area contributed by atoms with Crippen molar-refractivity contribution in [1.82, 2.24) is 9.88 Å². The fourth-order valence-corrected chi connectivity index (χ4v) is 1.55. The summed E-state index contributed by atoms with van der Waals surface area (Å²) in [6.07, 6.45) is 2.70. The van der Waals surface area contributed by atoms with Crippen molar-refractivity contribution in [3.05, 3.63) is 53.7 Å².